The van der Waals surface area contributed by atoms with Crippen LogP contribution in [0, 0.1) is 0 Å². The maximum atomic E-state index is 11.8. The van der Waals surface area contributed by atoms with Crippen LogP contribution in [-0.2, 0) is 4.79 Å². The van der Waals surface area contributed by atoms with Crippen molar-refractivity contribution in [3.63, 3.8) is 0 Å². The van der Waals surface area contributed by atoms with Crippen molar-refractivity contribution in [2.24, 2.45) is 0 Å². The minimum Gasteiger partial charge on any atom is -0.486 e. The number of likely N-dealkylation sites (N-methyl/N-ethyl adjacent to an activating group) is 2. The molecule has 0 aromatic heterocycles. The third-order valence-electron chi connectivity index (χ3n) is 3.00. The summed E-state index contributed by atoms with van der Waals surface area (Å²) >= 11 is 0. The molecule has 1 aromatic rings. The fourth-order valence-electron chi connectivity index (χ4n) is 1.93. The Bertz CT molecular complexity index is 436. The second kappa shape index (κ2) is 6.43. The molecule has 2 rings (SSSR count). The lowest BCUT2D eigenvalue weighted by Gasteiger charge is -2.29. The van der Waals surface area contributed by atoms with Crippen LogP contribution in [0.4, 0.5) is 0 Å². The van der Waals surface area contributed by atoms with Gasteiger partial charge in [0.05, 0.1) is 13.1 Å². The average molecular weight is 264 g/mol. The van der Waals surface area contributed by atoms with E-state index in [9.17, 15) is 4.79 Å². The molecule has 0 saturated carbocycles. The van der Waals surface area contributed by atoms with Crippen LogP contribution < -0.4 is 14.8 Å². The molecule has 1 aliphatic rings. The number of nitrogens with zero attached hydrogens (tertiary/aromatic N) is 1. The first-order chi connectivity index (χ1) is 9.20. The van der Waals surface area contributed by atoms with Crippen LogP contribution in [0.3, 0.4) is 0 Å². The maximum Gasteiger partial charge on any atom is 0.236 e. The van der Waals surface area contributed by atoms with Gasteiger partial charge in [-0.05, 0) is 18.7 Å². The highest BCUT2D eigenvalue weighted by Crippen LogP contribution is 2.30. The highest BCUT2D eigenvalue weighted by molar-refractivity contribution is 5.78. The zero-order valence-corrected chi connectivity index (χ0v) is 11.4. The fraction of sp³-hybridized carbons (Fsp3) is 0.500. The number of ether oxygens (including phenoxy) is 2. The largest absolute Gasteiger partial charge is 0.486 e. The van der Waals surface area contributed by atoms with E-state index in [1.807, 2.05) is 31.2 Å². The summed E-state index contributed by atoms with van der Waals surface area (Å²) in [5.41, 5.74) is 0. The minimum absolute atomic E-state index is 0.0595. The fourth-order valence-corrected chi connectivity index (χ4v) is 1.93. The summed E-state index contributed by atoms with van der Waals surface area (Å²) in [7, 11) is 1.78. The third-order valence-corrected chi connectivity index (χ3v) is 3.00. The van der Waals surface area contributed by atoms with Crippen molar-refractivity contribution in [1.29, 1.82) is 0 Å². The van der Waals surface area contributed by atoms with E-state index < -0.39 is 0 Å². The number of amides is 1. The van der Waals surface area contributed by atoms with Gasteiger partial charge in [0.25, 0.3) is 0 Å². The molecule has 1 aromatic carbocycles. The monoisotopic (exact) mass is 264 g/mol. The molecule has 19 heavy (non-hydrogen) atoms. The van der Waals surface area contributed by atoms with Gasteiger partial charge in [0.15, 0.2) is 17.6 Å². The molecule has 0 aliphatic carbocycles. The minimum atomic E-state index is -0.120. The molecule has 5 heteroatoms. The van der Waals surface area contributed by atoms with Crippen LogP contribution in [0.15, 0.2) is 24.3 Å². The number of carbonyl (C=O) groups is 1. The molecule has 1 heterocycles. The molecule has 1 unspecified atom stereocenters. The van der Waals surface area contributed by atoms with E-state index in [1.54, 1.807) is 11.9 Å². The van der Waals surface area contributed by atoms with Gasteiger partial charge in [-0.15, -0.1) is 0 Å². The molecule has 1 aliphatic heterocycles. The highest BCUT2D eigenvalue weighted by Gasteiger charge is 2.23. The molecular formula is C14H20N2O3. The Labute approximate surface area is 113 Å². The molecule has 0 saturated heterocycles. The van der Waals surface area contributed by atoms with Crippen LogP contribution in [0.25, 0.3) is 0 Å². The van der Waals surface area contributed by atoms with Crippen molar-refractivity contribution >= 4 is 5.91 Å². The van der Waals surface area contributed by atoms with Crippen molar-refractivity contribution in [3.8, 4) is 11.5 Å². The van der Waals surface area contributed by atoms with E-state index >= 15 is 0 Å². The van der Waals surface area contributed by atoms with Crippen molar-refractivity contribution in [2.75, 3.05) is 33.3 Å². The molecule has 0 bridgehead atoms. The number of benzene rings is 1. The molecular weight excluding hydrogens is 244 g/mol. The van der Waals surface area contributed by atoms with E-state index in [-0.39, 0.29) is 12.0 Å². The molecule has 1 N–H and O–H groups in total. The molecule has 1 atom stereocenters. The zero-order valence-electron chi connectivity index (χ0n) is 11.4. The number of fused-ring (bicyclic) bond motifs is 1. The van der Waals surface area contributed by atoms with Gasteiger partial charge in [0.2, 0.25) is 5.91 Å². The molecule has 0 spiro atoms. The van der Waals surface area contributed by atoms with Gasteiger partial charge in [0.1, 0.15) is 6.61 Å². The Morgan fingerprint density at radius 3 is 2.89 bits per heavy atom. The first-order valence-corrected chi connectivity index (χ1v) is 6.54. The van der Waals surface area contributed by atoms with Crippen molar-refractivity contribution < 1.29 is 14.3 Å². The second-order valence-corrected chi connectivity index (χ2v) is 4.55. The van der Waals surface area contributed by atoms with Crippen LogP contribution in [-0.4, -0.2) is 50.2 Å². The molecule has 0 radical (unpaired) electrons. The van der Waals surface area contributed by atoms with E-state index in [0.29, 0.717) is 19.7 Å². The first kappa shape index (κ1) is 13.7. The Hall–Kier alpha value is -1.75. The van der Waals surface area contributed by atoms with Crippen molar-refractivity contribution in [3.05, 3.63) is 24.3 Å². The van der Waals surface area contributed by atoms with E-state index in [4.69, 9.17) is 9.47 Å². The standard InChI is InChI=1S/C14H20N2O3/c1-3-15-8-14(17)16(2)9-11-10-18-12-6-4-5-7-13(12)19-11/h4-7,11,15H,3,8-10H2,1-2H3. The van der Waals surface area contributed by atoms with Crippen LogP contribution in [0.5, 0.6) is 11.5 Å². The summed E-state index contributed by atoms with van der Waals surface area (Å²) in [6.45, 7) is 4.11. The van der Waals surface area contributed by atoms with Crippen LogP contribution in [0.1, 0.15) is 6.92 Å². The predicted octanol–water partition coefficient (Wildman–Crippen LogP) is 0.894. The second-order valence-electron chi connectivity index (χ2n) is 4.55. The number of carbonyl (C=O) groups excluding carboxylic acids is 1. The number of nitrogens with one attached hydrogen (secondary N) is 1. The van der Waals surface area contributed by atoms with Gasteiger partial charge in [-0.1, -0.05) is 19.1 Å². The number of hydrogen-bond acceptors (Lipinski definition) is 4. The topological polar surface area (TPSA) is 50.8 Å². The third kappa shape index (κ3) is 3.61. The number of rotatable bonds is 5. The Balaban J connectivity index is 1.86. The summed E-state index contributed by atoms with van der Waals surface area (Å²) in [4.78, 5) is 13.5. The lowest BCUT2D eigenvalue weighted by molar-refractivity contribution is -0.130. The van der Waals surface area contributed by atoms with Crippen LogP contribution >= 0.6 is 0 Å². The predicted molar refractivity (Wildman–Crippen MR) is 72.5 cm³/mol. The smallest absolute Gasteiger partial charge is 0.236 e. The van der Waals surface area contributed by atoms with Crippen molar-refractivity contribution in [2.45, 2.75) is 13.0 Å². The summed E-state index contributed by atoms with van der Waals surface area (Å²) in [5.74, 6) is 1.57. The molecule has 1 amide bonds. The summed E-state index contributed by atoms with van der Waals surface area (Å²) in [5, 5.41) is 3.02. The van der Waals surface area contributed by atoms with Gasteiger partial charge in [0, 0.05) is 7.05 Å². The number of hydrogen-bond donors (Lipinski definition) is 1. The Morgan fingerprint density at radius 1 is 1.42 bits per heavy atom. The van der Waals surface area contributed by atoms with E-state index in [2.05, 4.69) is 5.32 Å². The maximum absolute atomic E-state index is 11.8. The van der Waals surface area contributed by atoms with Gasteiger partial charge < -0.3 is 19.7 Å². The summed E-state index contributed by atoms with van der Waals surface area (Å²) in [6, 6.07) is 7.58. The van der Waals surface area contributed by atoms with Crippen LogP contribution in [0.2, 0.25) is 0 Å². The quantitative estimate of drug-likeness (QED) is 0.858. The van der Waals surface area contributed by atoms with E-state index in [1.165, 1.54) is 0 Å². The van der Waals surface area contributed by atoms with Gasteiger partial charge in [-0.25, -0.2) is 0 Å². The Morgan fingerprint density at radius 2 is 2.16 bits per heavy atom. The highest BCUT2D eigenvalue weighted by atomic mass is 16.6. The zero-order chi connectivity index (χ0) is 13.7. The van der Waals surface area contributed by atoms with Crippen molar-refractivity contribution in [1.82, 2.24) is 10.2 Å². The Kier molecular flexibility index (Phi) is 4.63. The normalized spacial score (nSPS) is 17.1. The molecule has 104 valence electrons. The lowest BCUT2D eigenvalue weighted by Crippen LogP contribution is -2.44. The molecule has 0 fully saturated rings. The lowest BCUT2D eigenvalue weighted by atomic mass is 10.2. The first-order valence-electron chi connectivity index (χ1n) is 6.54. The summed E-state index contributed by atoms with van der Waals surface area (Å²) < 4.78 is 11.4. The summed E-state index contributed by atoms with van der Waals surface area (Å²) in [6.07, 6.45) is -0.120. The van der Waals surface area contributed by atoms with Gasteiger partial charge >= 0.3 is 0 Å². The number of para-hydroxylation sites is 2. The SMILES string of the molecule is CCNCC(=O)N(C)CC1COc2ccccc2O1. The molecule has 5 nitrogen and oxygen atoms in total. The van der Waals surface area contributed by atoms with Gasteiger partial charge in [-0.2, -0.15) is 0 Å². The average Bonchev–Trinajstić information content (AvgIpc) is 2.44. The van der Waals surface area contributed by atoms with E-state index in [0.717, 1.165) is 18.0 Å². The van der Waals surface area contributed by atoms with Gasteiger partial charge in [-0.3, -0.25) is 4.79 Å².